The first kappa shape index (κ1) is 22.7. The molecule has 162 valence electrons. The van der Waals surface area contributed by atoms with Gasteiger partial charge in [-0.3, -0.25) is 9.59 Å². The first-order valence-corrected chi connectivity index (χ1v) is 9.11. The van der Waals surface area contributed by atoms with E-state index < -0.39 is 11.9 Å². The largest absolute Gasteiger partial charge is 0.497 e. The van der Waals surface area contributed by atoms with Gasteiger partial charge in [0.1, 0.15) is 16.8 Å². The Hall–Kier alpha value is -3.60. The van der Waals surface area contributed by atoms with E-state index in [1.165, 1.54) is 0 Å². The smallest absolute Gasteiger partial charge is 0.300 e. The van der Waals surface area contributed by atoms with Crippen molar-refractivity contribution < 1.29 is 29.0 Å². The number of carboxylic acids is 2. The first-order valence-electron chi connectivity index (χ1n) is 9.11. The Morgan fingerprint density at radius 3 is 2.33 bits per heavy atom. The summed E-state index contributed by atoms with van der Waals surface area (Å²) in [5.41, 5.74) is 8.08. The van der Waals surface area contributed by atoms with E-state index in [1.54, 1.807) is 7.11 Å². The number of benzene rings is 1. The Morgan fingerprint density at radius 1 is 1.17 bits per heavy atom. The molecule has 0 saturated carbocycles. The summed E-state index contributed by atoms with van der Waals surface area (Å²) < 4.78 is 11.3. The molecular weight excluding hydrogens is 394 g/mol. The lowest BCUT2D eigenvalue weighted by molar-refractivity contribution is -0.135. The van der Waals surface area contributed by atoms with Crippen molar-refractivity contribution in [2.75, 3.05) is 43.9 Å². The lowest BCUT2D eigenvalue weighted by Crippen LogP contribution is -2.44. The second-order valence-electron chi connectivity index (χ2n) is 6.32. The summed E-state index contributed by atoms with van der Waals surface area (Å²) in [6.45, 7) is 5.73. The van der Waals surface area contributed by atoms with Crippen LogP contribution in [-0.2, 0) is 9.59 Å². The van der Waals surface area contributed by atoms with E-state index in [0.717, 1.165) is 68.1 Å². The highest BCUT2D eigenvalue weighted by molar-refractivity contribution is 6.06. The Balaban J connectivity index is 0.000000347. The third-order valence-electron chi connectivity index (χ3n) is 3.94. The fraction of sp³-hybridized carbons (Fsp3) is 0.368. The number of carboxylic acid groups (broad SMARTS) is 2. The van der Waals surface area contributed by atoms with Gasteiger partial charge in [-0.15, -0.1) is 0 Å². The number of carbonyl (C=O) groups is 2. The van der Waals surface area contributed by atoms with Gasteiger partial charge in [-0.2, -0.15) is 4.98 Å². The lowest BCUT2D eigenvalue weighted by atomic mass is 10.2. The molecule has 1 aromatic carbocycles. The average molecular weight is 419 g/mol. The number of anilines is 2. The van der Waals surface area contributed by atoms with Gasteiger partial charge in [-0.1, -0.05) is 0 Å². The van der Waals surface area contributed by atoms with Gasteiger partial charge in [0.15, 0.2) is 11.4 Å². The predicted molar refractivity (Wildman–Crippen MR) is 112 cm³/mol. The van der Waals surface area contributed by atoms with Crippen LogP contribution in [0.4, 0.5) is 11.8 Å². The van der Waals surface area contributed by atoms with Crippen LogP contribution < -0.4 is 20.7 Å². The summed E-state index contributed by atoms with van der Waals surface area (Å²) in [6.07, 6.45) is 0. The monoisotopic (exact) mass is 419 g/mol. The molecule has 3 heterocycles. The summed E-state index contributed by atoms with van der Waals surface area (Å²) in [5.74, 6) is 0.113. The number of furan rings is 1. The molecule has 0 spiro atoms. The van der Waals surface area contributed by atoms with Crippen LogP contribution in [-0.4, -0.2) is 65.4 Å². The highest BCUT2D eigenvalue weighted by Crippen LogP contribution is 2.35. The number of piperazine rings is 1. The standard InChI is InChI=1S/C15H17N5O2.2C2H4O2/c1-21-9-2-3-11-10(8-9)12-13(22-11)14(19-15(16)18-12)20-6-4-17-5-7-20;2*1-2(3)4/h2-3,8,17H,4-7H2,1H3,(H2,16,18,19);2*1H3,(H,3,4). The zero-order valence-corrected chi connectivity index (χ0v) is 17.0. The number of hydrogen-bond donors (Lipinski definition) is 4. The maximum absolute atomic E-state index is 9.00. The van der Waals surface area contributed by atoms with Crippen molar-refractivity contribution in [3.63, 3.8) is 0 Å². The molecule has 1 aliphatic heterocycles. The minimum atomic E-state index is -0.833. The van der Waals surface area contributed by atoms with Crippen LogP contribution in [0.5, 0.6) is 5.75 Å². The molecule has 1 saturated heterocycles. The summed E-state index contributed by atoms with van der Waals surface area (Å²) in [7, 11) is 1.64. The molecule has 0 atom stereocenters. The van der Waals surface area contributed by atoms with Gasteiger partial charge in [-0.05, 0) is 18.2 Å². The number of aliphatic carboxylic acids is 2. The minimum Gasteiger partial charge on any atom is -0.497 e. The van der Waals surface area contributed by atoms with Crippen molar-refractivity contribution in [3.05, 3.63) is 18.2 Å². The second kappa shape index (κ2) is 10.3. The molecule has 30 heavy (non-hydrogen) atoms. The van der Waals surface area contributed by atoms with Gasteiger partial charge in [0.25, 0.3) is 11.9 Å². The van der Waals surface area contributed by atoms with Crippen molar-refractivity contribution in [1.82, 2.24) is 15.3 Å². The van der Waals surface area contributed by atoms with Gasteiger partial charge >= 0.3 is 0 Å². The van der Waals surface area contributed by atoms with Gasteiger partial charge in [0.05, 0.1) is 12.5 Å². The maximum atomic E-state index is 9.00. The van der Waals surface area contributed by atoms with Crippen molar-refractivity contribution >= 4 is 45.8 Å². The number of methoxy groups -OCH3 is 1. The van der Waals surface area contributed by atoms with Gasteiger partial charge < -0.3 is 35.3 Å². The number of nitrogens with one attached hydrogen (secondary N) is 1. The number of nitrogens with two attached hydrogens (primary N) is 1. The average Bonchev–Trinajstić information content (AvgIpc) is 3.05. The van der Waals surface area contributed by atoms with Gasteiger partial charge in [0, 0.05) is 40.0 Å². The number of hydrogen-bond acceptors (Lipinski definition) is 9. The molecule has 0 amide bonds. The molecule has 0 radical (unpaired) electrons. The molecule has 3 aromatic rings. The molecular formula is C19H25N5O6. The van der Waals surface area contributed by atoms with Crippen molar-refractivity contribution in [3.8, 4) is 5.75 Å². The molecule has 2 aromatic heterocycles. The van der Waals surface area contributed by atoms with Crippen LogP contribution in [0.15, 0.2) is 22.6 Å². The molecule has 5 N–H and O–H groups in total. The number of nitrogen functional groups attached to an aromatic ring is 1. The highest BCUT2D eigenvalue weighted by Gasteiger charge is 2.21. The van der Waals surface area contributed by atoms with Crippen LogP contribution in [0.3, 0.4) is 0 Å². The number of nitrogens with zero attached hydrogens (tertiary/aromatic N) is 3. The quantitative estimate of drug-likeness (QED) is 0.476. The van der Waals surface area contributed by atoms with Crippen LogP contribution in [0.25, 0.3) is 22.1 Å². The summed E-state index contributed by atoms with van der Waals surface area (Å²) >= 11 is 0. The van der Waals surface area contributed by atoms with Crippen molar-refractivity contribution in [1.29, 1.82) is 0 Å². The number of aromatic nitrogens is 2. The summed E-state index contributed by atoms with van der Waals surface area (Å²) in [4.78, 5) is 28.9. The zero-order chi connectivity index (χ0) is 22.3. The molecule has 4 rings (SSSR count). The van der Waals surface area contributed by atoms with E-state index in [1.807, 2.05) is 18.2 Å². The van der Waals surface area contributed by atoms with Crippen LogP contribution in [0.1, 0.15) is 13.8 Å². The van der Waals surface area contributed by atoms with E-state index in [0.29, 0.717) is 5.58 Å². The minimum absolute atomic E-state index is 0.256. The first-order chi connectivity index (χ1) is 14.2. The molecule has 0 bridgehead atoms. The van der Waals surface area contributed by atoms with Crippen molar-refractivity contribution in [2.24, 2.45) is 0 Å². The highest BCUT2D eigenvalue weighted by atomic mass is 16.5. The summed E-state index contributed by atoms with van der Waals surface area (Å²) in [5, 5.41) is 19.0. The van der Waals surface area contributed by atoms with Crippen LogP contribution >= 0.6 is 0 Å². The van der Waals surface area contributed by atoms with E-state index in [2.05, 4.69) is 20.2 Å². The normalized spacial score (nSPS) is 13.1. The second-order valence-corrected chi connectivity index (χ2v) is 6.32. The number of rotatable bonds is 2. The Bertz CT molecular complexity index is 1010. The Labute approximate surface area is 172 Å². The van der Waals surface area contributed by atoms with E-state index in [-0.39, 0.29) is 5.95 Å². The molecule has 1 fully saturated rings. The SMILES string of the molecule is CC(=O)O.CC(=O)O.COc1ccc2oc3c(N4CCNCC4)nc(N)nc3c2c1. The topological polar surface area (TPSA) is 164 Å². The summed E-state index contributed by atoms with van der Waals surface area (Å²) in [6, 6.07) is 5.66. The van der Waals surface area contributed by atoms with E-state index in [9.17, 15) is 0 Å². The van der Waals surface area contributed by atoms with Crippen molar-refractivity contribution in [2.45, 2.75) is 13.8 Å². The zero-order valence-electron chi connectivity index (χ0n) is 17.0. The third kappa shape index (κ3) is 5.95. The molecule has 0 unspecified atom stereocenters. The maximum Gasteiger partial charge on any atom is 0.300 e. The Kier molecular flexibility index (Phi) is 7.76. The van der Waals surface area contributed by atoms with Crippen LogP contribution in [0, 0.1) is 0 Å². The van der Waals surface area contributed by atoms with Crippen LogP contribution in [0.2, 0.25) is 0 Å². The molecule has 0 aliphatic carbocycles. The van der Waals surface area contributed by atoms with E-state index in [4.69, 9.17) is 34.7 Å². The molecule has 1 aliphatic rings. The van der Waals surface area contributed by atoms with Gasteiger partial charge in [-0.25, -0.2) is 4.98 Å². The third-order valence-corrected chi connectivity index (χ3v) is 3.94. The van der Waals surface area contributed by atoms with E-state index >= 15 is 0 Å². The lowest BCUT2D eigenvalue weighted by Gasteiger charge is -2.28. The fourth-order valence-electron chi connectivity index (χ4n) is 2.84. The Morgan fingerprint density at radius 2 is 1.77 bits per heavy atom. The van der Waals surface area contributed by atoms with Gasteiger partial charge in [0.2, 0.25) is 5.95 Å². The number of fused-ring (bicyclic) bond motifs is 3. The molecule has 11 nitrogen and oxygen atoms in total. The predicted octanol–water partition coefficient (Wildman–Crippen LogP) is 1.56. The number of ether oxygens (including phenoxy) is 1. The molecule has 11 heteroatoms. The fourth-order valence-corrected chi connectivity index (χ4v) is 2.84.